The van der Waals surface area contributed by atoms with Crippen LogP contribution in [0.3, 0.4) is 0 Å². The molecule has 1 aromatic carbocycles. The summed E-state index contributed by atoms with van der Waals surface area (Å²) in [4.78, 5) is 0. The summed E-state index contributed by atoms with van der Waals surface area (Å²) in [6.07, 6.45) is -6.57. The Bertz CT molecular complexity index is 313. The largest absolute Gasteiger partial charge is 0.414 e. The molecule has 2 atom stereocenters. The molecule has 0 aliphatic rings. The van der Waals surface area contributed by atoms with Gasteiger partial charge in [0.1, 0.15) is 0 Å². The summed E-state index contributed by atoms with van der Waals surface area (Å²) in [5, 5.41) is 0. The quantitative estimate of drug-likeness (QED) is 0.590. The van der Waals surface area contributed by atoms with Crippen LogP contribution in [0.2, 0.25) is 0 Å². The third-order valence-electron chi connectivity index (χ3n) is 2.14. The van der Waals surface area contributed by atoms with Crippen LogP contribution in [0.5, 0.6) is 0 Å². The van der Waals surface area contributed by atoms with E-state index in [1.54, 1.807) is 24.3 Å². The molecule has 5 heteroatoms. The Labute approximate surface area is 106 Å². The lowest BCUT2D eigenvalue weighted by Crippen LogP contribution is -2.30. The second kappa shape index (κ2) is 5.86. The van der Waals surface area contributed by atoms with E-state index in [1.165, 1.54) is 0 Å². The van der Waals surface area contributed by atoms with Crippen LogP contribution in [0.15, 0.2) is 30.3 Å². The molecule has 0 bridgehead atoms. The molecule has 0 amide bonds. The molecule has 0 saturated carbocycles. The van der Waals surface area contributed by atoms with Crippen molar-refractivity contribution in [2.45, 2.75) is 25.3 Å². The molecule has 0 aromatic heterocycles. The average molecular weight is 344 g/mol. The van der Waals surface area contributed by atoms with Crippen molar-refractivity contribution in [2.75, 3.05) is 4.43 Å². The highest BCUT2D eigenvalue weighted by molar-refractivity contribution is 14.1. The van der Waals surface area contributed by atoms with Gasteiger partial charge < -0.3 is 4.74 Å². The first kappa shape index (κ1) is 13.8. The predicted octanol–water partition coefficient (Wildman–Crippen LogP) is 4.13. The number of hydrogen-bond donors (Lipinski definition) is 0. The molecular formula is C11H12F3IO. The highest BCUT2D eigenvalue weighted by Crippen LogP contribution is 2.29. The number of rotatable bonds is 4. The zero-order valence-corrected chi connectivity index (χ0v) is 10.8. The summed E-state index contributed by atoms with van der Waals surface area (Å²) in [5.41, 5.74) is 0.771. The third kappa shape index (κ3) is 3.93. The van der Waals surface area contributed by atoms with Crippen molar-refractivity contribution in [3.05, 3.63) is 35.9 Å². The standard InChI is InChI=1S/C11H12F3IO/c1-8(11(12,13)14)16-10(7-15)9-5-3-2-4-6-9/h2-6,8,10H,7H2,1H3. The highest BCUT2D eigenvalue weighted by atomic mass is 127. The molecule has 0 radical (unpaired) electrons. The van der Waals surface area contributed by atoms with Crippen molar-refractivity contribution in [2.24, 2.45) is 0 Å². The lowest BCUT2D eigenvalue weighted by molar-refractivity contribution is -0.225. The van der Waals surface area contributed by atoms with Gasteiger partial charge in [-0.05, 0) is 12.5 Å². The van der Waals surface area contributed by atoms with Crippen LogP contribution in [0.1, 0.15) is 18.6 Å². The maximum absolute atomic E-state index is 12.3. The van der Waals surface area contributed by atoms with E-state index in [4.69, 9.17) is 4.74 Å². The van der Waals surface area contributed by atoms with Gasteiger partial charge in [-0.25, -0.2) is 0 Å². The molecule has 1 nitrogen and oxygen atoms in total. The molecule has 16 heavy (non-hydrogen) atoms. The topological polar surface area (TPSA) is 9.23 Å². The van der Waals surface area contributed by atoms with E-state index < -0.39 is 18.4 Å². The van der Waals surface area contributed by atoms with Gasteiger partial charge in [0.2, 0.25) is 0 Å². The average Bonchev–Trinajstić information content (AvgIpc) is 2.25. The van der Waals surface area contributed by atoms with Crippen LogP contribution in [0.25, 0.3) is 0 Å². The SMILES string of the molecule is CC(OC(CI)c1ccccc1)C(F)(F)F. The number of benzene rings is 1. The maximum atomic E-state index is 12.3. The molecule has 0 spiro atoms. The lowest BCUT2D eigenvalue weighted by atomic mass is 10.1. The second-order valence-corrected chi connectivity index (χ2v) is 4.25. The van der Waals surface area contributed by atoms with E-state index in [0.29, 0.717) is 4.43 Å². The van der Waals surface area contributed by atoms with Crippen molar-refractivity contribution in [1.29, 1.82) is 0 Å². The van der Waals surface area contributed by atoms with E-state index in [-0.39, 0.29) is 0 Å². The summed E-state index contributed by atoms with van der Waals surface area (Å²) in [5.74, 6) is 0. The molecule has 0 aliphatic carbocycles. The van der Waals surface area contributed by atoms with E-state index >= 15 is 0 Å². The first-order valence-corrected chi connectivity index (χ1v) is 6.30. The van der Waals surface area contributed by atoms with E-state index in [0.717, 1.165) is 12.5 Å². The van der Waals surface area contributed by atoms with Crippen molar-refractivity contribution >= 4 is 22.6 Å². The van der Waals surface area contributed by atoms with Gasteiger partial charge in [-0.15, -0.1) is 0 Å². The van der Waals surface area contributed by atoms with Crippen molar-refractivity contribution in [1.82, 2.24) is 0 Å². The van der Waals surface area contributed by atoms with Crippen molar-refractivity contribution in [3.63, 3.8) is 0 Å². The molecule has 1 rings (SSSR count). The lowest BCUT2D eigenvalue weighted by Gasteiger charge is -2.23. The Morgan fingerprint density at radius 3 is 2.25 bits per heavy atom. The third-order valence-corrected chi connectivity index (χ3v) is 2.94. The molecule has 90 valence electrons. The van der Waals surface area contributed by atoms with Crippen LogP contribution in [-0.2, 0) is 4.74 Å². The molecule has 1 aromatic rings. The Morgan fingerprint density at radius 1 is 1.25 bits per heavy atom. The number of halogens is 4. The first-order chi connectivity index (χ1) is 7.45. The minimum Gasteiger partial charge on any atom is -0.360 e. The van der Waals surface area contributed by atoms with Gasteiger partial charge in [0.15, 0.2) is 6.10 Å². The highest BCUT2D eigenvalue weighted by Gasteiger charge is 2.38. The van der Waals surface area contributed by atoms with Crippen LogP contribution < -0.4 is 0 Å². The van der Waals surface area contributed by atoms with Gasteiger partial charge in [-0.1, -0.05) is 52.9 Å². The number of alkyl halides is 4. The van der Waals surface area contributed by atoms with Gasteiger partial charge in [0.25, 0.3) is 0 Å². The van der Waals surface area contributed by atoms with E-state index in [1.807, 2.05) is 28.7 Å². The molecule has 0 N–H and O–H groups in total. The molecular weight excluding hydrogens is 332 g/mol. The van der Waals surface area contributed by atoms with Crippen LogP contribution >= 0.6 is 22.6 Å². The fourth-order valence-electron chi connectivity index (χ4n) is 1.20. The molecule has 0 saturated heterocycles. The monoisotopic (exact) mass is 344 g/mol. The van der Waals surface area contributed by atoms with Crippen molar-refractivity contribution in [3.8, 4) is 0 Å². The minimum atomic E-state index is -4.31. The fourth-order valence-corrected chi connectivity index (χ4v) is 1.91. The molecule has 2 unspecified atom stereocenters. The molecule has 0 heterocycles. The van der Waals surface area contributed by atoms with Crippen LogP contribution in [0, 0.1) is 0 Å². The van der Waals surface area contributed by atoms with Crippen LogP contribution in [-0.4, -0.2) is 16.7 Å². The smallest absolute Gasteiger partial charge is 0.360 e. The zero-order chi connectivity index (χ0) is 12.2. The van der Waals surface area contributed by atoms with Gasteiger partial charge >= 0.3 is 6.18 Å². The van der Waals surface area contributed by atoms with Gasteiger partial charge in [0.05, 0.1) is 6.10 Å². The van der Waals surface area contributed by atoms with Gasteiger partial charge in [0, 0.05) is 4.43 Å². The predicted molar refractivity (Wildman–Crippen MR) is 64.7 cm³/mol. The number of ether oxygens (including phenoxy) is 1. The fraction of sp³-hybridized carbons (Fsp3) is 0.455. The Hall–Kier alpha value is -0.300. The van der Waals surface area contributed by atoms with E-state index in [2.05, 4.69) is 0 Å². The normalized spacial score (nSPS) is 15.8. The molecule has 0 aliphatic heterocycles. The Kier molecular flexibility index (Phi) is 5.04. The summed E-state index contributed by atoms with van der Waals surface area (Å²) >= 11 is 2.02. The minimum absolute atomic E-state index is 0.488. The summed E-state index contributed by atoms with van der Waals surface area (Å²) in [6.45, 7) is 1.03. The Morgan fingerprint density at radius 2 is 1.81 bits per heavy atom. The zero-order valence-electron chi connectivity index (χ0n) is 8.67. The summed E-state index contributed by atoms with van der Waals surface area (Å²) < 4.78 is 42.5. The van der Waals surface area contributed by atoms with Crippen molar-refractivity contribution < 1.29 is 17.9 Å². The number of hydrogen-bond acceptors (Lipinski definition) is 1. The Balaban J connectivity index is 2.70. The van der Waals surface area contributed by atoms with Crippen LogP contribution in [0.4, 0.5) is 13.2 Å². The van der Waals surface area contributed by atoms with Gasteiger partial charge in [-0.3, -0.25) is 0 Å². The summed E-state index contributed by atoms with van der Waals surface area (Å²) in [7, 11) is 0. The maximum Gasteiger partial charge on any atom is 0.414 e. The summed E-state index contributed by atoms with van der Waals surface area (Å²) in [6, 6.07) is 8.94. The van der Waals surface area contributed by atoms with Gasteiger partial charge in [-0.2, -0.15) is 13.2 Å². The first-order valence-electron chi connectivity index (χ1n) is 4.78. The second-order valence-electron chi connectivity index (χ2n) is 3.37. The molecule has 0 fully saturated rings. The van der Waals surface area contributed by atoms with E-state index in [9.17, 15) is 13.2 Å².